The first-order valence-corrected chi connectivity index (χ1v) is 9.83. The van der Waals surface area contributed by atoms with Gasteiger partial charge in [0.05, 0.1) is 5.69 Å². The molecule has 2 aromatic rings. The summed E-state index contributed by atoms with van der Waals surface area (Å²) in [5.41, 5.74) is 1.08. The van der Waals surface area contributed by atoms with E-state index in [1.807, 2.05) is 18.3 Å². The lowest BCUT2D eigenvalue weighted by Gasteiger charge is -2.34. The van der Waals surface area contributed by atoms with Crippen LogP contribution in [0.3, 0.4) is 0 Å². The fourth-order valence-corrected chi connectivity index (χ4v) is 5.19. The number of nitrogens with zero attached hydrogens (tertiary/aromatic N) is 3. The number of piperazine rings is 1. The number of hydrogen-bond acceptors (Lipinski definition) is 5. The van der Waals surface area contributed by atoms with Crippen molar-refractivity contribution in [2.24, 2.45) is 5.92 Å². The lowest BCUT2D eigenvalue weighted by Crippen LogP contribution is -2.49. The summed E-state index contributed by atoms with van der Waals surface area (Å²) in [7, 11) is 0. The van der Waals surface area contributed by atoms with Crippen molar-refractivity contribution in [2.75, 3.05) is 31.1 Å². The molecule has 1 amide bonds. The topological polar surface area (TPSA) is 36.4 Å². The van der Waals surface area contributed by atoms with Gasteiger partial charge in [-0.05, 0) is 32.4 Å². The van der Waals surface area contributed by atoms with Crippen molar-refractivity contribution in [2.45, 2.75) is 26.2 Å². The van der Waals surface area contributed by atoms with E-state index in [2.05, 4.69) is 39.2 Å². The zero-order valence-electron chi connectivity index (χ0n) is 13.5. The second kappa shape index (κ2) is 5.91. The first-order valence-electron chi connectivity index (χ1n) is 8.14. The Morgan fingerprint density at radius 2 is 2.00 bits per heavy atom. The summed E-state index contributed by atoms with van der Waals surface area (Å²) in [6, 6.07) is 4.36. The van der Waals surface area contributed by atoms with Crippen molar-refractivity contribution in [1.29, 1.82) is 0 Å². The van der Waals surface area contributed by atoms with Gasteiger partial charge in [0.2, 0.25) is 5.91 Å². The molecule has 0 spiro atoms. The number of thiazole rings is 1. The molecule has 2 fully saturated rings. The Morgan fingerprint density at radius 1 is 1.22 bits per heavy atom. The number of carbonyl (C=O) groups excluding carboxylic acids is 1. The van der Waals surface area contributed by atoms with Gasteiger partial charge in [-0.15, -0.1) is 22.7 Å². The summed E-state index contributed by atoms with van der Waals surface area (Å²) < 4.78 is 0. The fourth-order valence-electron chi connectivity index (χ4n) is 3.27. The number of aromatic nitrogens is 1. The third kappa shape index (κ3) is 3.02. The first-order chi connectivity index (χ1) is 11.1. The molecule has 122 valence electrons. The van der Waals surface area contributed by atoms with Gasteiger partial charge < -0.3 is 9.80 Å². The smallest absolute Gasteiger partial charge is 0.226 e. The van der Waals surface area contributed by atoms with Gasteiger partial charge in [-0.25, -0.2) is 4.98 Å². The van der Waals surface area contributed by atoms with E-state index in [1.165, 1.54) is 9.75 Å². The average molecular weight is 348 g/mol. The van der Waals surface area contributed by atoms with Gasteiger partial charge in [-0.2, -0.15) is 0 Å². The molecule has 1 aliphatic carbocycles. The van der Waals surface area contributed by atoms with Crippen LogP contribution in [0.15, 0.2) is 17.5 Å². The third-order valence-electron chi connectivity index (χ3n) is 4.70. The minimum Gasteiger partial charge on any atom is -0.345 e. The van der Waals surface area contributed by atoms with Gasteiger partial charge in [-0.1, -0.05) is 0 Å². The Morgan fingerprint density at radius 3 is 2.61 bits per heavy atom. The van der Waals surface area contributed by atoms with E-state index in [0.717, 1.165) is 43.4 Å². The van der Waals surface area contributed by atoms with E-state index >= 15 is 0 Å². The van der Waals surface area contributed by atoms with Gasteiger partial charge in [0.25, 0.3) is 0 Å². The minimum atomic E-state index is 0.224. The molecule has 23 heavy (non-hydrogen) atoms. The summed E-state index contributed by atoms with van der Waals surface area (Å²) in [5.74, 6) is 1.05. The van der Waals surface area contributed by atoms with Crippen LogP contribution in [0.1, 0.15) is 27.8 Å². The molecule has 0 bridgehead atoms. The van der Waals surface area contributed by atoms with Crippen LogP contribution < -0.4 is 4.90 Å². The van der Waals surface area contributed by atoms with Crippen molar-refractivity contribution in [1.82, 2.24) is 9.88 Å². The van der Waals surface area contributed by atoms with Crippen molar-refractivity contribution in [3.05, 3.63) is 33.0 Å². The summed E-state index contributed by atoms with van der Waals surface area (Å²) in [4.78, 5) is 24.3. The van der Waals surface area contributed by atoms with Crippen LogP contribution in [0.4, 0.5) is 5.13 Å². The van der Waals surface area contributed by atoms with Crippen LogP contribution in [-0.4, -0.2) is 42.0 Å². The number of thiophene rings is 1. The molecule has 3 heterocycles. The van der Waals surface area contributed by atoms with Crippen molar-refractivity contribution < 1.29 is 4.79 Å². The highest BCUT2D eigenvalue weighted by molar-refractivity contribution is 7.13. The predicted octanol–water partition coefficient (Wildman–Crippen LogP) is 3.27. The Hall–Kier alpha value is -1.40. The monoisotopic (exact) mass is 347 g/mol. The summed E-state index contributed by atoms with van der Waals surface area (Å²) in [6.45, 7) is 7.60. The molecule has 1 saturated heterocycles. The molecule has 2 aromatic heterocycles. The Bertz CT molecular complexity index is 715. The first kappa shape index (κ1) is 15.1. The minimum absolute atomic E-state index is 0.224. The molecule has 0 N–H and O–H groups in total. The zero-order valence-corrected chi connectivity index (χ0v) is 15.1. The SMILES string of the molecule is Cc1csc(N2CCN(C(=O)[C@@H]3C[C@H]3c3ccc(C)s3)CC2)n1. The van der Waals surface area contributed by atoms with Crippen LogP contribution in [0.25, 0.3) is 0 Å². The largest absolute Gasteiger partial charge is 0.345 e. The third-order valence-corrected chi connectivity index (χ3v) is 6.85. The van der Waals surface area contributed by atoms with E-state index in [1.54, 1.807) is 11.3 Å². The second-order valence-electron chi connectivity index (χ2n) is 6.48. The Kier molecular flexibility index (Phi) is 3.89. The molecule has 4 nitrogen and oxygen atoms in total. The summed E-state index contributed by atoms with van der Waals surface area (Å²) in [5, 5.41) is 3.18. The van der Waals surface area contributed by atoms with Crippen molar-refractivity contribution >= 4 is 33.7 Å². The van der Waals surface area contributed by atoms with Crippen LogP contribution >= 0.6 is 22.7 Å². The lowest BCUT2D eigenvalue weighted by molar-refractivity contribution is -0.132. The van der Waals surface area contributed by atoms with E-state index in [-0.39, 0.29) is 5.92 Å². The molecule has 1 aliphatic heterocycles. The molecule has 1 saturated carbocycles. The molecule has 0 radical (unpaired) electrons. The zero-order chi connectivity index (χ0) is 16.0. The number of amides is 1. The van der Waals surface area contributed by atoms with Gasteiger partial charge in [-0.3, -0.25) is 4.79 Å². The van der Waals surface area contributed by atoms with Gasteiger partial charge >= 0.3 is 0 Å². The highest BCUT2D eigenvalue weighted by atomic mass is 32.1. The quantitative estimate of drug-likeness (QED) is 0.855. The van der Waals surface area contributed by atoms with E-state index in [9.17, 15) is 4.79 Å². The van der Waals surface area contributed by atoms with E-state index in [4.69, 9.17) is 0 Å². The molecule has 6 heteroatoms. The molecular weight excluding hydrogens is 326 g/mol. The number of rotatable bonds is 3. The highest BCUT2D eigenvalue weighted by Gasteiger charge is 2.46. The maximum Gasteiger partial charge on any atom is 0.226 e. The fraction of sp³-hybridized carbons (Fsp3) is 0.529. The molecule has 0 aromatic carbocycles. The van der Waals surface area contributed by atoms with Crippen molar-refractivity contribution in [3.8, 4) is 0 Å². The number of hydrogen-bond donors (Lipinski definition) is 0. The van der Waals surface area contributed by atoms with Crippen LogP contribution in [0.5, 0.6) is 0 Å². The standard InChI is InChI=1S/C17H21N3OS2/c1-11-10-22-17(18-11)20-7-5-19(6-8-20)16(21)14-9-13(14)15-4-3-12(2)23-15/h3-4,10,13-14H,5-9H2,1-2H3/t13-,14-/m1/s1. The van der Waals surface area contributed by atoms with Gasteiger partial charge in [0.15, 0.2) is 5.13 Å². The van der Waals surface area contributed by atoms with E-state index in [0.29, 0.717) is 11.8 Å². The normalized spacial score (nSPS) is 24.1. The maximum absolute atomic E-state index is 12.7. The molecule has 0 unspecified atom stereocenters. The summed E-state index contributed by atoms with van der Waals surface area (Å²) >= 11 is 3.54. The van der Waals surface area contributed by atoms with Crippen molar-refractivity contribution in [3.63, 3.8) is 0 Å². The van der Waals surface area contributed by atoms with E-state index < -0.39 is 0 Å². The Balaban J connectivity index is 1.33. The van der Waals surface area contributed by atoms with Crippen LogP contribution in [0, 0.1) is 19.8 Å². The number of carbonyl (C=O) groups is 1. The second-order valence-corrected chi connectivity index (χ2v) is 8.64. The molecule has 2 aliphatic rings. The van der Waals surface area contributed by atoms with Gasteiger partial charge in [0.1, 0.15) is 0 Å². The Labute approximate surface area is 144 Å². The summed E-state index contributed by atoms with van der Waals surface area (Å²) in [6.07, 6.45) is 1.03. The number of anilines is 1. The predicted molar refractivity (Wildman–Crippen MR) is 95.5 cm³/mol. The highest BCUT2D eigenvalue weighted by Crippen LogP contribution is 2.50. The number of aryl methyl sites for hydroxylation is 2. The molecule has 2 atom stereocenters. The molecule has 4 rings (SSSR count). The van der Waals surface area contributed by atoms with Crippen LogP contribution in [0.2, 0.25) is 0 Å². The van der Waals surface area contributed by atoms with Crippen LogP contribution in [-0.2, 0) is 4.79 Å². The maximum atomic E-state index is 12.7. The lowest BCUT2D eigenvalue weighted by atomic mass is 10.2. The molecular formula is C17H21N3OS2. The van der Waals surface area contributed by atoms with Gasteiger partial charge in [0, 0.05) is 53.1 Å². The average Bonchev–Trinajstić information content (AvgIpc) is 3.05.